The fourth-order valence-corrected chi connectivity index (χ4v) is 5.50. The molecule has 0 fully saturated rings. The van der Waals surface area contributed by atoms with Crippen LogP contribution in [0.5, 0.6) is 0 Å². The number of benzene rings is 2. The van der Waals surface area contributed by atoms with Crippen molar-refractivity contribution in [2.45, 2.75) is 49.6 Å². The smallest absolute Gasteiger partial charge is 0.264 e. The molecule has 31 heavy (non-hydrogen) atoms. The zero-order chi connectivity index (χ0) is 22.0. The van der Waals surface area contributed by atoms with Crippen molar-refractivity contribution in [3.63, 3.8) is 0 Å². The standard InChI is InChI=1S/C23H25N3O4S/c1-16-6-10-20(11-7-16)31(29,30)26-13-12-24-23(28)21(26)15-22(27)25-19-9-8-17-4-2-3-5-18(17)14-19/h2-7,10-13,19,21H,8-9,14-15H2,1H3,(H,24,28)(H,25,27)/t19-,21?/m1/s1. The zero-order valence-electron chi connectivity index (χ0n) is 17.2. The lowest BCUT2D eigenvalue weighted by Crippen LogP contribution is -2.52. The van der Waals surface area contributed by atoms with Gasteiger partial charge in [0.1, 0.15) is 6.04 Å². The van der Waals surface area contributed by atoms with E-state index in [-0.39, 0.29) is 23.3 Å². The van der Waals surface area contributed by atoms with Crippen molar-refractivity contribution in [3.05, 3.63) is 77.6 Å². The van der Waals surface area contributed by atoms with E-state index in [1.807, 2.05) is 19.1 Å². The Balaban J connectivity index is 1.48. The maximum atomic E-state index is 13.1. The third kappa shape index (κ3) is 4.49. The van der Waals surface area contributed by atoms with Crippen molar-refractivity contribution < 1.29 is 18.0 Å². The molecule has 1 aliphatic carbocycles. The highest BCUT2D eigenvalue weighted by atomic mass is 32.2. The molecule has 2 amide bonds. The molecule has 162 valence electrons. The van der Waals surface area contributed by atoms with E-state index in [9.17, 15) is 18.0 Å². The molecule has 7 nitrogen and oxygen atoms in total. The summed E-state index contributed by atoms with van der Waals surface area (Å²) >= 11 is 0. The normalized spacial score (nSPS) is 20.7. The first-order valence-electron chi connectivity index (χ1n) is 10.3. The maximum Gasteiger partial charge on any atom is 0.264 e. The minimum absolute atomic E-state index is 0.0354. The largest absolute Gasteiger partial charge is 0.353 e. The molecule has 0 saturated heterocycles. The quantitative estimate of drug-likeness (QED) is 0.745. The van der Waals surface area contributed by atoms with Gasteiger partial charge in [0.05, 0.1) is 11.3 Å². The Morgan fingerprint density at radius 2 is 1.84 bits per heavy atom. The van der Waals surface area contributed by atoms with Crippen LogP contribution in [0.3, 0.4) is 0 Å². The van der Waals surface area contributed by atoms with E-state index in [0.29, 0.717) is 0 Å². The third-order valence-electron chi connectivity index (χ3n) is 5.74. The zero-order valence-corrected chi connectivity index (χ0v) is 18.1. The lowest BCUT2D eigenvalue weighted by atomic mass is 9.88. The number of sulfonamides is 1. The highest BCUT2D eigenvalue weighted by molar-refractivity contribution is 7.89. The molecular weight excluding hydrogens is 414 g/mol. The number of nitrogens with one attached hydrogen (secondary N) is 2. The molecule has 0 aromatic heterocycles. The molecule has 2 aromatic rings. The van der Waals surface area contributed by atoms with Gasteiger partial charge in [-0.3, -0.25) is 13.9 Å². The van der Waals surface area contributed by atoms with Crippen molar-refractivity contribution in [2.75, 3.05) is 0 Å². The Labute approximate surface area is 182 Å². The molecule has 1 unspecified atom stereocenters. The first-order chi connectivity index (χ1) is 14.8. The second kappa shape index (κ2) is 8.55. The van der Waals surface area contributed by atoms with Gasteiger partial charge in [0.25, 0.3) is 10.0 Å². The summed E-state index contributed by atoms with van der Waals surface area (Å²) in [6.07, 6.45) is 4.74. The molecule has 2 aromatic carbocycles. The Bertz CT molecular complexity index is 1130. The van der Waals surface area contributed by atoms with Crippen LogP contribution in [0.15, 0.2) is 65.8 Å². The predicted molar refractivity (Wildman–Crippen MR) is 116 cm³/mol. The summed E-state index contributed by atoms with van der Waals surface area (Å²) in [6, 6.07) is 13.4. The summed E-state index contributed by atoms with van der Waals surface area (Å²) < 4.78 is 27.2. The van der Waals surface area contributed by atoms with Crippen LogP contribution in [0.1, 0.15) is 29.5 Å². The number of hydrogen-bond donors (Lipinski definition) is 2. The maximum absolute atomic E-state index is 13.1. The second-order valence-corrected chi connectivity index (χ2v) is 9.81. The fourth-order valence-electron chi connectivity index (χ4n) is 4.05. The van der Waals surface area contributed by atoms with Gasteiger partial charge in [0.2, 0.25) is 11.8 Å². The van der Waals surface area contributed by atoms with Crippen LogP contribution in [0.4, 0.5) is 0 Å². The summed E-state index contributed by atoms with van der Waals surface area (Å²) in [5, 5.41) is 5.49. The van der Waals surface area contributed by atoms with E-state index >= 15 is 0 Å². The van der Waals surface area contributed by atoms with Gasteiger partial charge in [-0.1, -0.05) is 42.0 Å². The van der Waals surface area contributed by atoms with Crippen LogP contribution in [0.2, 0.25) is 0 Å². The number of aryl methyl sites for hydroxylation is 2. The average molecular weight is 440 g/mol. The van der Waals surface area contributed by atoms with Gasteiger partial charge in [-0.2, -0.15) is 0 Å². The Morgan fingerprint density at radius 1 is 1.13 bits per heavy atom. The number of carbonyl (C=O) groups is 2. The number of amides is 2. The molecule has 0 saturated carbocycles. The van der Waals surface area contributed by atoms with Gasteiger partial charge in [0, 0.05) is 18.4 Å². The molecule has 2 aliphatic rings. The highest BCUT2D eigenvalue weighted by Crippen LogP contribution is 2.24. The van der Waals surface area contributed by atoms with Crippen LogP contribution in [-0.2, 0) is 32.5 Å². The van der Waals surface area contributed by atoms with E-state index in [1.54, 1.807) is 12.1 Å². The summed E-state index contributed by atoms with van der Waals surface area (Å²) in [5.41, 5.74) is 3.43. The monoisotopic (exact) mass is 439 g/mol. The van der Waals surface area contributed by atoms with Gasteiger partial charge in [-0.15, -0.1) is 0 Å². The van der Waals surface area contributed by atoms with Crippen molar-refractivity contribution in [2.24, 2.45) is 0 Å². The molecule has 0 radical (unpaired) electrons. The number of carbonyl (C=O) groups excluding carboxylic acids is 2. The molecule has 4 rings (SSSR count). The number of nitrogens with zero attached hydrogens (tertiary/aromatic N) is 1. The number of fused-ring (bicyclic) bond motifs is 1. The van der Waals surface area contributed by atoms with E-state index < -0.39 is 22.0 Å². The van der Waals surface area contributed by atoms with Crippen LogP contribution in [0.25, 0.3) is 0 Å². The molecule has 8 heteroatoms. The molecule has 2 N–H and O–H groups in total. The van der Waals surface area contributed by atoms with E-state index in [2.05, 4.69) is 22.8 Å². The Hall–Kier alpha value is -3.13. The van der Waals surface area contributed by atoms with Gasteiger partial charge in [-0.25, -0.2) is 8.42 Å². The van der Waals surface area contributed by atoms with Crippen molar-refractivity contribution in [3.8, 4) is 0 Å². The SMILES string of the molecule is Cc1ccc(S(=O)(=O)N2C=CNC(=O)C2CC(=O)N[C@@H]2CCc3ccccc3C2)cc1. The highest BCUT2D eigenvalue weighted by Gasteiger charge is 2.37. The van der Waals surface area contributed by atoms with Crippen molar-refractivity contribution in [1.82, 2.24) is 14.9 Å². The van der Waals surface area contributed by atoms with Crippen LogP contribution in [0, 0.1) is 6.92 Å². The van der Waals surface area contributed by atoms with Crippen molar-refractivity contribution >= 4 is 21.8 Å². The summed E-state index contributed by atoms with van der Waals surface area (Å²) in [6.45, 7) is 1.86. The lowest BCUT2D eigenvalue weighted by molar-refractivity contribution is -0.129. The summed E-state index contributed by atoms with van der Waals surface area (Å²) in [5.74, 6) is -0.869. The van der Waals surface area contributed by atoms with E-state index in [1.165, 1.54) is 35.7 Å². The van der Waals surface area contributed by atoms with Crippen molar-refractivity contribution in [1.29, 1.82) is 0 Å². The van der Waals surface area contributed by atoms with Gasteiger partial charge in [-0.05, 0) is 49.4 Å². The van der Waals surface area contributed by atoms with Crippen LogP contribution in [-0.4, -0.2) is 36.6 Å². The first-order valence-corrected chi connectivity index (χ1v) is 11.7. The van der Waals surface area contributed by atoms with E-state index in [4.69, 9.17) is 0 Å². The van der Waals surface area contributed by atoms with E-state index in [0.717, 1.165) is 29.1 Å². The predicted octanol–water partition coefficient (Wildman–Crippen LogP) is 2.02. The average Bonchev–Trinajstić information content (AvgIpc) is 2.75. The Kier molecular flexibility index (Phi) is 5.82. The van der Waals surface area contributed by atoms with Crippen LogP contribution < -0.4 is 10.6 Å². The summed E-state index contributed by atoms with van der Waals surface area (Å²) in [7, 11) is -3.97. The lowest BCUT2D eigenvalue weighted by Gasteiger charge is -2.32. The minimum Gasteiger partial charge on any atom is -0.353 e. The topological polar surface area (TPSA) is 95.6 Å². The second-order valence-electron chi connectivity index (χ2n) is 7.97. The third-order valence-corrected chi connectivity index (χ3v) is 7.54. The number of rotatable bonds is 5. The molecule has 0 bridgehead atoms. The minimum atomic E-state index is -3.97. The van der Waals surface area contributed by atoms with Gasteiger partial charge in [0.15, 0.2) is 0 Å². The van der Waals surface area contributed by atoms with Crippen LogP contribution >= 0.6 is 0 Å². The molecule has 2 atom stereocenters. The first kappa shape index (κ1) is 21.1. The summed E-state index contributed by atoms with van der Waals surface area (Å²) in [4.78, 5) is 25.3. The number of hydrogen-bond acceptors (Lipinski definition) is 4. The van der Waals surface area contributed by atoms with Gasteiger partial charge >= 0.3 is 0 Å². The molecular formula is C23H25N3O4S. The fraction of sp³-hybridized carbons (Fsp3) is 0.304. The molecule has 1 aliphatic heterocycles. The van der Waals surface area contributed by atoms with Gasteiger partial charge < -0.3 is 10.6 Å². The molecule has 0 spiro atoms. The molecule has 1 heterocycles. The Morgan fingerprint density at radius 3 is 2.58 bits per heavy atom.